The topological polar surface area (TPSA) is 101 Å². The second-order valence-electron chi connectivity index (χ2n) is 5.19. The fourth-order valence-electron chi connectivity index (χ4n) is 1.94. The summed E-state index contributed by atoms with van der Waals surface area (Å²) < 4.78 is 47.9. The van der Waals surface area contributed by atoms with Gasteiger partial charge in [0.25, 0.3) is 0 Å². The van der Waals surface area contributed by atoms with Gasteiger partial charge in [0.05, 0.1) is 18.3 Å². The minimum atomic E-state index is -4.49. The minimum absolute atomic E-state index is 0.209. The molecule has 10 heteroatoms. The lowest BCUT2D eigenvalue weighted by atomic mass is 10.0. The zero-order chi connectivity index (χ0) is 15.6. The maximum atomic E-state index is 11.7. The number of methoxy groups -OCH3 is 1. The van der Waals surface area contributed by atoms with Gasteiger partial charge in [0.2, 0.25) is 0 Å². The molecule has 0 aromatic rings. The van der Waals surface area contributed by atoms with Gasteiger partial charge in [-0.25, -0.2) is 8.88 Å². The molecule has 1 fully saturated rings. The molecule has 1 N–H and O–H groups in total. The Balaban J connectivity index is 2.58. The molecule has 1 aliphatic rings. The van der Waals surface area contributed by atoms with Gasteiger partial charge in [-0.2, -0.15) is 0 Å². The van der Waals surface area contributed by atoms with Crippen LogP contribution >= 0.6 is 15.4 Å². The van der Waals surface area contributed by atoms with Crippen LogP contribution in [0.5, 0.6) is 0 Å². The summed E-state index contributed by atoms with van der Waals surface area (Å²) in [6.45, 7) is 4.64. The lowest BCUT2D eigenvalue weighted by Crippen LogP contribution is -2.28. The van der Waals surface area contributed by atoms with Crippen molar-refractivity contribution in [2.24, 2.45) is 0 Å². The first kappa shape index (κ1) is 18.3. The third kappa shape index (κ3) is 5.54. The minimum Gasteiger partial charge on any atom is -0.379 e. The molecule has 0 spiro atoms. The van der Waals surface area contributed by atoms with Crippen molar-refractivity contribution in [1.29, 1.82) is 0 Å². The highest BCUT2D eigenvalue weighted by molar-refractivity contribution is 7.64. The smallest absolute Gasteiger partial charge is 0.379 e. The summed E-state index contributed by atoms with van der Waals surface area (Å²) >= 11 is 0. The molecule has 1 saturated heterocycles. The van der Waals surface area contributed by atoms with E-state index in [1.165, 1.54) is 7.11 Å². The molecule has 20 heavy (non-hydrogen) atoms. The monoisotopic (exact) mass is 332 g/mol. The van der Waals surface area contributed by atoms with E-state index in [0.29, 0.717) is 6.42 Å². The van der Waals surface area contributed by atoms with Crippen LogP contribution < -0.4 is 0 Å². The van der Waals surface area contributed by atoms with Crippen molar-refractivity contribution in [3.05, 3.63) is 0 Å². The van der Waals surface area contributed by atoms with Crippen LogP contribution in [0.25, 0.3) is 0 Å². The molecule has 4 atom stereocenters. The summed E-state index contributed by atoms with van der Waals surface area (Å²) in [6.07, 6.45) is -0.114. The van der Waals surface area contributed by atoms with E-state index in [2.05, 4.69) is 8.83 Å². The Kier molecular flexibility index (Phi) is 5.98. The first-order valence-electron chi connectivity index (χ1n) is 6.03. The van der Waals surface area contributed by atoms with Crippen LogP contribution in [-0.2, 0) is 32.0 Å². The molecule has 0 aromatic carbocycles. The Morgan fingerprint density at radius 1 is 1.35 bits per heavy atom. The quantitative estimate of drug-likeness (QED) is 0.708. The molecule has 1 rings (SSSR count). The Morgan fingerprint density at radius 3 is 2.45 bits per heavy atom. The highest BCUT2D eigenvalue weighted by Gasteiger charge is 2.42. The van der Waals surface area contributed by atoms with Gasteiger partial charge in [0.15, 0.2) is 0 Å². The predicted molar refractivity (Wildman–Crippen MR) is 71.8 cm³/mol. The number of phosphoric ester groups is 1. The first-order chi connectivity index (χ1) is 9.00. The summed E-state index contributed by atoms with van der Waals surface area (Å²) in [5, 5.41) is 0. The molecular weight excluding hydrogens is 310 g/mol. The number of hydrogen-bond donors (Lipinski definition) is 1. The highest BCUT2D eigenvalue weighted by atomic mass is 31.3. The van der Waals surface area contributed by atoms with Crippen LogP contribution in [0.3, 0.4) is 0 Å². The van der Waals surface area contributed by atoms with Crippen molar-refractivity contribution in [2.75, 3.05) is 27.5 Å². The van der Waals surface area contributed by atoms with Gasteiger partial charge in [0.1, 0.15) is 6.10 Å². The molecule has 0 saturated carbocycles. The SMILES string of the molecule is COC1CC(C)(C)O[C@@H]1COP(=O)(O)OP(C)(=O)OC. The summed E-state index contributed by atoms with van der Waals surface area (Å²) in [7, 11) is -5.45. The van der Waals surface area contributed by atoms with E-state index in [-0.39, 0.29) is 12.7 Å². The third-order valence-electron chi connectivity index (χ3n) is 2.87. The third-order valence-corrected chi connectivity index (χ3v) is 6.02. The Bertz CT molecular complexity index is 423. The molecular formula is C10H22O8P2. The normalized spacial score (nSPS) is 31.7. The Morgan fingerprint density at radius 2 is 1.95 bits per heavy atom. The predicted octanol–water partition coefficient (Wildman–Crippen LogP) is 2.17. The van der Waals surface area contributed by atoms with E-state index in [9.17, 15) is 14.0 Å². The van der Waals surface area contributed by atoms with Gasteiger partial charge in [-0.1, -0.05) is 0 Å². The summed E-state index contributed by atoms with van der Waals surface area (Å²) in [4.78, 5) is 9.49. The van der Waals surface area contributed by atoms with Gasteiger partial charge in [-0.3, -0.25) is 9.09 Å². The molecule has 0 bridgehead atoms. The van der Waals surface area contributed by atoms with Crippen molar-refractivity contribution in [1.82, 2.24) is 0 Å². The zero-order valence-corrected chi connectivity index (χ0v) is 14.1. The van der Waals surface area contributed by atoms with E-state index >= 15 is 0 Å². The maximum Gasteiger partial charge on any atom is 0.479 e. The summed E-state index contributed by atoms with van der Waals surface area (Å²) in [6, 6.07) is 0. The fraction of sp³-hybridized carbons (Fsp3) is 1.00. The van der Waals surface area contributed by atoms with Crippen molar-refractivity contribution < 1.29 is 36.9 Å². The van der Waals surface area contributed by atoms with Crippen molar-refractivity contribution in [3.63, 3.8) is 0 Å². The molecule has 0 aromatic heterocycles. The molecule has 1 heterocycles. The Hall–Kier alpha value is 0.220. The lowest BCUT2D eigenvalue weighted by Gasteiger charge is -2.21. The lowest BCUT2D eigenvalue weighted by molar-refractivity contribution is -0.0604. The fourth-order valence-corrected chi connectivity index (χ4v) is 4.23. The second kappa shape index (κ2) is 6.55. The number of ether oxygens (including phenoxy) is 2. The number of phosphoric acid groups is 1. The molecule has 0 amide bonds. The molecule has 1 aliphatic heterocycles. The van der Waals surface area contributed by atoms with Crippen molar-refractivity contribution in [3.8, 4) is 0 Å². The molecule has 8 nitrogen and oxygen atoms in total. The van der Waals surface area contributed by atoms with Gasteiger partial charge >= 0.3 is 15.4 Å². The zero-order valence-electron chi connectivity index (χ0n) is 12.3. The number of rotatable bonds is 7. The summed E-state index contributed by atoms with van der Waals surface area (Å²) in [5.74, 6) is 0. The largest absolute Gasteiger partial charge is 0.479 e. The summed E-state index contributed by atoms with van der Waals surface area (Å²) in [5.41, 5.74) is -0.401. The van der Waals surface area contributed by atoms with Crippen LogP contribution in [0.4, 0.5) is 0 Å². The van der Waals surface area contributed by atoms with E-state index in [0.717, 1.165) is 13.8 Å². The maximum absolute atomic E-state index is 11.7. The van der Waals surface area contributed by atoms with Crippen LogP contribution in [0.15, 0.2) is 0 Å². The highest BCUT2D eigenvalue weighted by Crippen LogP contribution is 2.60. The first-order valence-corrected chi connectivity index (χ1v) is 9.51. The van der Waals surface area contributed by atoms with Crippen molar-refractivity contribution >= 4 is 15.4 Å². The van der Waals surface area contributed by atoms with Crippen LogP contribution in [-0.4, -0.2) is 50.2 Å². The van der Waals surface area contributed by atoms with Gasteiger partial charge in [-0.15, -0.1) is 0 Å². The second-order valence-corrected chi connectivity index (χ2v) is 8.95. The van der Waals surface area contributed by atoms with Gasteiger partial charge in [-0.05, 0) is 13.8 Å². The standard InChI is InChI=1S/C10H22O8P2/c1-10(2)6-8(14-3)9(17-10)7-16-20(12,13)18-19(5,11)15-4/h8-9H,6-7H2,1-5H3,(H,12,13)/t8?,9-,19?/m1/s1. The van der Waals surface area contributed by atoms with E-state index in [4.69, 9.17) is 14.0 Å². The molecule has 120 valence electrons. The molecule has 0 aliphatic carbocycles. The van der Waals surface area contributed by atoms with Crippen LogP contribution in [0.2, 0.25) is 0 Å². The van der Waals surface area contributed by atoms with E-state index in [1.54, 1.807) is 0 Å². The van der Waals surface area contributed by atoms with Gasteiger partial charge < -0.3 is 18.9 Å². The molecule has 3 unspecified atom stereocenters. The molecule has 0 radical (unpaired) electrons. The van der Waals surface area contributed by atoms with Crippen LogP contribution in [0, 0.1) is 0 Å². The van der Waals surface area contributed by atoms with E-state index in [1.807, 2.05) is 13.8 Å². The average Bonchev–Trinajstić information content (AvgIpc) is 2.60. The number of hydrogen-bond acceptors (Lipinski definition) is 7. The average molecular weight is 332 g/mol. The van der Waals surface area contributed by atoms with Crippen molar-refractivity contribution in [2.45, 2.75) is 38.1 Å². The van der Waals surface area contributed by atoms with E-state index < -0.39 is 27.1 Å². The van der Waals surface area contributed by atoms with Gasteiger partial charge in [0, 0.05) is 27.3 Å². The van der Waals surface area contributed by atoms with Crippen LogP contribution in [0.1, 0.15) is 20.3 Å². The Labute approximate surface area is 118 Å².